The summed E-state index contributed by atoms with van der Waals surface area (Å²) in [5.74, 6) is 0.507. The van der Waals surface area contributed by atoms with Gasteiger partial charge in [0.25, 0.3) is 0 Å². The normalized spacial score (nSPS) is 12.4. The third-order valence-corrected chi connectivity index (χ3v) is 1.83. The van der Waals surface area contributed by atoms with Crippen LogP contribution in [0.4, 0.5) is 4.79 Å². The molecule has 11 heavy (non-hydrogen) atoms. The van der Waals surface area contributed by atoms with E-state index in [4.69, 9.17) is 0 Å². The Morgan fingerprint density at radius 1 is 1.73 bits per heavy atom. The van der Waals surface area contributed by atoms with Crippen molar-refractivity contribution in [2.75, 3.05) is 13.6 Å². The number of rotatable bonds is 3. The van der Waals surface area contributed by atoms with Gasteiger partial charge in [0, 0.05) is 26.5 Å². The van der Waals surface area contributed by atoms with E-state index >= 15 is 0 Å². The highest BCUT2D eigenvalue weighted by molar-refractivity contribution is 7.75. The van der Waals surface area contributed by atoms with Gasteiger partial charge in [-0.2, -0.15) is 0 Å². The van der Waals surface area contributed by atoms with Crippen LogP contribution in [0.1, 0.15) is 20.3 Å². The topological polar surface area (TPSA) is 29.5 Å². The van der Waals surface area contributed by atoms with E-state index in [0.29, 0.717) is 5.92 Å². The van der Waals surface area contributed by atoms with Crippen molar-refractivity contribution >= 4 is 19.0 Å². The fourth-order valence-electron chi connectivity index (χ4n) is 0.741. The molecule has 0 aliphatic heterocycles. The molecule has 3 nitrogen and oxygen atoms in total. The van der Waals surface area contributed by atoms with Crippen molar-refractivity contribution in [2.45, 2.75) is 20.3 Å². The van der Waals surface area contributed by atoms with E-state index in [9.17, 15) is 4.79 Å². The molecule has 0 fully saturated rings. The lowest BCUT2D eigenvalue weighted by Gasteiger charge is -2.18. The Morgan fingerprint density at radius 3 is 2.64 bits per heavy atom. The molecule has 0 heterocycles. The molecular formula is C7H15NO2S. The van der Waals surface area contributed by atoms with Gasteiger partial charge in [-0.15, -0.1) is 0 Å². The molecule has 1 amide bonds. The van der Waals surface area contributed by atoms with Crippen molar-refractivity contribution in [1.82, 2.24) is 4.90 Å². The molecule has 0 bridgehead atoms. The van der Waals surface area contributed by atoms with Crippen LogP contribution in [0.5, 0.6) is 0 Å². The van der Waals surface area contributed by atoms with Gasteiger partial charge in [-0.25, -0.2) is 4.79 Å². The minimum absolute atomic E-state index is 0.395. The second-order valence-electron chi connectivity index (χ2n) is 2.75. The monoisotopic (exact) mass is 177 g/mol. The molecule has 4 heteroatoms. The smallest absolute Gasteiger partial charge is 0.378 e. The number of hydrogen-bond donors (Lipinski definition) is 1. The standard InChI is InChI=1S/C7H15NO2S/c1-4-6(2)5-8(3)7(9)10-11/h6,11H,4-5H2,1-3H3. The van der Waals surface area contributed by atoms with Crippen molar-refractivity contribution in [2.24, 2.45) is 5.92 Å². The van der Waals surface area contributed by atoms with Crippen LogP contribution in [0.25, 0.3) is 0 Å². The first-order valence-electron chi connectivity index (χ1n) is 3.68. The van der Waals surface area contributed by atoms with Crippen LogP contribution in [0.15, 0.2) is 0 Å². The first-order chi connectivity index (χ1) is 5.11. The van der Waals surface area contributed by atoms with Crippen LogP contribution in [0.3, 0.4) is 0 Å². The third kappa shape index (κ3) is 4.14. The molecule has 0 saturated heterocycles. The summed E-state index contributed by atoms with van der Waals surface area (Å²) >= 11 is 3.42. The fourth-order valence-corrected chi connectivity index (χ4v) is 0.880. The van der Waals surface area contributed by atoms with E-state index in [-0.39, 0.29) is 0 Å². The van der Waals surface area contributed by atoms with Gasteiger partial charge in [0.2, 0.25) is 0 Å². The zero-order chi connectivity index (χ0) is 8.85. The summed E-state index contributed by atoms with van der Waals surface area (Å²) in [6.07, 6.45) is 0.665. The van der Waals surface area contributed by atoms with Crippen LogP contribution < -0.4 is 0 Å². The maximum atomic E-state index is 10.8. The molecule has 0 rings (SSSR count). The van der Waals surface area contributed by atoms with Crippen molar-refractivity contribution in [3.05, 3.63) is 0 Å². The minimum Gasteiger partial charge on any atom is -0.378 e. The van der Waals surface area contributed by atoms with Crippen LogP contribution in [-0.2, 0) is 4.18 Å². The zero-order valence-electron chi connectivity index (χ0n) is 7.20. The predicted octanol–water partition coefficient (Wildman–Crippen LogP) is 1.95. The molecule has 0 spiro atoms. The van der Waals surface area contributed by atoms with E-state index in [1.807, 2.05) is 0 Å². The van der Waals surface area contributed by atoms with E-state index in [1.54, 1.807) is 7.05 Å². The maximum absolute atomic E-state index is 10.8. The Labute approximate surface area is 73.3 Å². The van der Waals surface area contributed by atoms with Crippen molar-refractivity contribution in [1.29, 1.82) is 0 Å². The summed E-state index contributed by atoms with van der Waals surface area (Å²) in [6, 6.07) is 0. The van der Waals surface area contributed by atoms with E-state index < -0.39 is 6.09 Å². The molecule has 0 aromatic heterocycles. The molecule has 66 valence electrons. The van der Waals surface area contributed by atoms with Gasteiger partial charge in [0.1, 0.15) is 0 Å². The van der Waals surface area contributed by atoms with E-state index in [0.717, 1.165) is 13.0 Å². The first kappa shape index (κ1) is 10.6. The average molecular weight is 177 g/mol. The highest BCUT2D eigenvalue weighted by Crippen LogP contribution is 2.03. The number of carbonyl (C=O) groups excluding carboxylic acids is 1. The molecule has 0 N–H and O–H groups in total. The summed E-state index contributed by atoms with van der Waals surface area (Å²) in [7, 11) is 1.70. The van der Waals surface area contributed by atoms with Gasteiger partial charge in [-0.05, 0) is 5.92 Å². The summed E-state index contributed by atoms with van der Waals surface area (Å²) in [4.78, 5) is 12.3. The average Bonchev–Trinajstić information content (AvgIpc) is 2.02. The molecule has 0 radical (unpaired) electrons. The quantitative estimate of drug-likeness (QED) is 0.527. The summed E-state index contributed by atoms with van der Waals surface area (Å²) in [6.45, 7) is 4.89. The van der Waals surface area contributed by atoms with Crippen molar-refractivity contribution < 1.29 is 8.98 Å². The Kier molecular flexibility index (Phi) is 5.11. The van der Waals surface area contributed by atoms with Gasteiger partial charge in [-0.3, -0.25) is 0 Å². The summed E-state index contributed by atoms with van der Waals surface area (Å²) in [5, 5.41) is 0. The zero-order valence-corrected chi connectivity index (χ0v) is 8.10. The molecule has 0 aliphatic rings. The van der Waals surface area contributed by atoms with Crippen LogP contribution in [-0.4, -0.2) is 24.6 Å². The molecule has 0 aromatic rings. The van der Waals surface area contributed by atoms with Crippen molar-refractivity contribution in [3.8, 4) is 0 Å². The third-order valence-electron chi connectivity index (χ3n) is 1.67. The Morgan fingerprint density at radius 2 is 2.27 bits per heavy atom. The Hall–Kier alpha value is -0.380. The minimum atomic E-state index is -0.395. The molecule has 0 aliphatic carbocycles. The van der Waals surface area contributed by atoms with Crippen LogP contribution in [0.2, 0.25) is 0 Å². The largest absolute Gasteiger partial charge is 0.421 e. The summed E-state index contributed by atoms with van der Waals surface area (Å²) < 4.78 is 4.24. The lowest BCUT2D eigenvalue weighted by Crippen LogP contribution is -2.29. The van der Waals surface area contributed by atoms with Gasteiger partial charge in [0.15, 0.2) is 0 Å². The second kappa shape index (κ2) is 5.29. The second-order valence-corrected chi connectivity index (χ2v) is 2.93. The highest BCUT2D eigenvalue weighted by Gasteiger charge is 2.10. The molecule has 0 saturated carbocycles. The number of carbonyl (C=O) groups is 1. The van der Waals surface area contributed by atoms with Gasteiger partial charge < -0.3 is 9.08 Å². The number of amides is 1. The fraction of sp³-hybridized carbons (Fsp3) is 0.857. The highest BCUT2D eigenvalue weighted by atomic mass is 32.1. The first-order valence-corrected chi connectivity index (χ1v) is 4.04. The van der Waals surface area contributed by atoms with E-state index in [1.165, 1.54) is 4.90 Å². The number of hydrogen-bond acceptors (Lipinski definition) is 3. The van der Waals surface area contributed by atoms with Crippen LogP contribution in [0, 0.1) is 5.92 Å². The predicted molar refractivity (Wildman–Crippen MR) is 47.6 cm³/mol. The SMILES string of the molecule is CCC(C)CN(C)C(=O)OS. The van der Waals surface area contributed by atoms with E-state index in [2.05, 4.69) is 30.9 Å². The number of nitrogens with zero attached hydrogens (tertiary/aromatic N) is 1. The molecular weight excluding hydrogens is 162 g/mol. The molecule has 1 atom stereocenters. The summed E-state index contributed by atoms with van der Waals surface area (Å²) in [5.41, 5.74) is 0. The Bertz CT molecular complexity index is 130. The number of thiol groups is 1. The Balaban J connectivity index is 3.67. The lowest BCUT2D eigenvalue weighted by atomic mass is 10.1. The van der Waals surface area contributed by atoms with Gasteiger partial charge in [0.05, 0.1) is 0 Å². The maximum Gasteiger partial charge on any atom is 0.421 e. The van der Waals surface area contributed by atoms with Gasteiger partial charge >= 0.3 is 6.09 Å². The van der Waals surface area contributed by atoms with Crippen LogP contribution >= 0.6 is 12.9 Å². The van der Waals surface area contributed by atoms with Crippen molar-refractivity contribution in [3.63, 3.8) is 0 Å². The van der Waals surface area contributed by atoms with Gasteiger partial charge in [-0.1, -0.05) is 20.3 Å². The lowest BCUT2D eigenvalue weighted by molar-refractivity contribution is 0.165. The molecule has 0 aromatic carbocycles. The molecule has 1 unspecified atom stereocenters.